The van der Waals surface area contributed by atoms with Crippen molar-refractivity contribution in [2.45, 2.75) is 25.7 Å². The van der Waals surface area contributed by atoms with E-state index >= 15 is 0 Å². The van der Waals surface area contributed by atoms with E-state index in [2.05, 4.69) is 36.4 Å². The predicted molar refractivity (Wildman–Crippen MR) is 82.3 cm³/mol. The molecule has 0 radical (unpaired) electrons. The topological polar surface area (TPSA) is 23.8 Å². The third-order valence-electron chi connectivity index (χ3n) is 4.54. The Morgan fingerprint density at radius 1 is 0.950 bits per heavy atom. The summed E-state index contributed by atoms with van der Waals surface area (Å²) >= 11 is 0. The molecule has 0 aromatic heterocycles. The minimum absolute atomic E-state index is 0.782. The van der Waals surface area contributed by atoms with Crippen molar-refractivity contribution in [3.05, 3.63) is 64.7 Å². The van der Waals surface area contributed by atoms with Gasteiger partial charge in [0.1, 0.15) is 0 Å². The number of nitriles is 1. The van der Waals surface area contributed by atoms with E-state index in [4.69, 9.17) is 0 Å². The zero-order valence-corrected chi connectivity index (χ0v) is 11.3. The molecule has 1 heteroatoms. The summed E-state index contributed by atoms with van der Waals surface area (Å²) in [5.41, 5.74) is 6.62. The molecule has 0 aliphatic heterocycles. The molecular weight excluding hydrogens is 242 g/mol. The Bertz CT molecular complexity index is 816. The van der Waals surface area contributed by atoms with Gasteiger partial charge in [0.15, 0.2) is 0 Å². The number of benzene rings is 2. The van der Waals surface area contributed by atoms with Gasteiger partial charge in [0.25, 0.3) is 0 Å². The van der Waals surface area contributed by atoms with Gasteiger partial charge in [-0.05, 0) is 59.2 Å². The van der Waals surface area contributed by atoms with Crippen LogP contribution in [0.2, 0.25) is 0 Å². The van der Waals surface area contributed by atoms with Crippen LogP contribution in [-0.4, -0.2) is 0 Å². The highest BCUT2D eigenvalue weighted by molar-refractivity contribution is 5.96. The molecule has 0 spiro atoms. The van der Waals surface area contributed by atoms with Gasteiger partial charge in [-0.2, -0.15) is 5.26 Å². The number of nitrogens with zero attached hydrogens (tertiary/aromatic N) is 1. The fourth-order valence-electron chi connectivity index (χ4n) is 3.57. The van der Waals surface area contributed by atoms with E-state index in [0.717, 1.165) is 17.4 Å². The molecule has 20 heavy (non-hydrogen) atoms. The lowest BCUT2D eigenvalue weighted by Gasteiger charge is -2.25. The molecule has 2 aromatic rings. The highest BCUT2D eigenvalue weighted by atomic mass is 14.3. The lowest BCUT2D eigenvalue weighted by molar-refractivity contribution is 0.831. The molecule has 0 unspecified atom stereocenters. The van der Waals surface area contributed by atoms with E-state index in [-0.39, 0.29) is 0 Å². The third-order valence-corrected chi connectivity index (χ3v) is 4.54. The number of aryl methyl sites for hydroxylation is 1. The van der Waals surface area contributed by atoms with Crippen LogP contribution < -0.4 is 0 Å². The summed E-state index contributed by atoms with van der Waals surface area (Å²) in [6.07, 6.45) is 9.24. The zero-order valence-electron chi connectivity index (χ0n) is 11.3. The average molecular weight is 257 g/mol. The number of allylic oxidation sites excluding steroid dienone is 4. The fraction of sp³-hybridized carbons (Fsp3) is 0.211. The number of hydrogen-bond donors (Lipinski definition) is 0. The second kappa shape index (κ2) is 4.35. The summed E-state index contributed by atoms with van der Waals surface area (Å²) in [6.45, 7) is 0. The maximum atomic E-state index is 9.26. The van der Waals surface area contributed by atoms with E-state index in [0.29, 0.717) is 0 Å². The quantitative estimate of drug-likeness (QED) is 0.667. The van der Waals surface area contributed by atoms with Crippen LogP contribution in [0.1, 0.15) is 36.0 Å². The minimum Gasteiger partial charge on any atom is -0.192 e. The summed E-state index contributed by atoms with van der Waals surface area (Å²) in [7, 11) is 0. The van der Waals surface area contributed by atoms with Gasteiger partial charge in [-0.25, -0.2) is 0 Å². The Morgan fingerprint density at radius 3 is 2.80 bits per heavy atom. The molecule has 0 heterocycles. The van der Waals surface area contributed by atoms with Crippen LogP contribution in [0, 0.1) is 11.3 Å². The Morgan fingerprint density at radius 2 is 1.90 bits per heavy atom. The molecule has 0 N–H and O–H groups in total. The normalized spacial score (nSPS) is 16.8. The summed E-state index contributed by atoms with van der Waals surface area (Å²) in [5, 5.41) is 11.6. The molecule has 0 saturated heterocycles. The van der Waals surface area contributed by atoms with Gasteiger partial charge >= 0.3 is 0 Å². The monoisotopic (exact) mass is 257 g/mol. The molecule has 4 rings (SSSR count). The number of fused-ring (bicyclic) bond motifs is 4. The molecule has 1 nitrogen and oxygen atoms in total. The van der Waals surface area contributed by atoms with Crippen LogP contribution in [0.25, 0.3) is 16.3 Å². The summed E-state index contributed by atoms with van der Waals surface area (Å²) in [6, 6.07) is 12.7. The predicted octanol–water partition coefficient (Wildman–Crippen LogP) is 4.76. The van der Waals surface area contributed by atoms with E-state index in [9.17, 15) is 5.26 Å². The molecule has 0 amide bonds. The molecule has 2 aliphatic carbocycles. The van der Waals surface area contributed by atoms with Crippen LogP contribution in [0.3, 0.4) is 0 Å². The molecule has 0 atom stereocenters. The van der Waals surface area contributed by atoms with Gasteiger partial charge in [0.2, 0.25) is 0 Å². The van der Waals surface area contributed by atoms with Gasteiger partial charge in [-0.1, -0.05) is 42.0 Å². The molecular formula is C19H15N. The minimum atomic E-state index is 0.782. The van der Waals surface area contributed by atoms with E-state index < -0.39 is 0 Å². The first-order valence-electron chi connectivity index (χ1n) is 7.22. The average Bonchev–Trinajstić information content (AvgIpc) is 2.53. The van der Waals surface area contributed by atoms with E-state index in [1.54, 1.807) is 5.57 Å². The van der Waals surface area contributed by atoms with E-state index in [1.807, 2.05) is 12.1 Å². The Kier molecular flexibility index (Phi) is 2.50. The fourth-order valence-corrected chi connectivity index (χ4v) is 3.57. The highest BCUT2D eigenvalue weighted by Gasteiger charge is 2.20. The van der Waals surface area contributed by atoms with Gasteiger partial charge in [0, 0.05) is 0 Å². The number of hydrogen-bond acceptors (Lipinski definition) is 1. The van der Waals surface area contributed by atoms with Crippen molar-refractivity contribution in [2.75, 3.05) is 0 Å². The van der Waals surface area contributed by atoms with Crippen molar-refractivity contribution in [1.29, 1.82) is 5.26 Å². The summed E-state index contributed by atoms with van der Waals surface area (Å²) in [5.74, 6) is 0. The van der Waals surface area contributed by atoms with Crippen molar-refractivity contribution in [1.82, 2.24) is 0 Å². The van der Waals surface area contributed by atoms with Crippen LogP contribution in [-0.2, 0) is 6.42 Å². The van der Waals surface area contributed by atoms with E-state index in [1.165, 1.54) is 41.3 Å². The molecule has 0 fully saturated rings. The van der Waals surface area contributed by atoms with Crippen LogP contribution >= 0.6 is 0 Å². The Labute approximate surface area is 118 Å². The molecule has 96 valence electrons. The first-order valence-corrected chi connectivity index (χ1v) is 7.22. The maximum Gasteiger partial charge on any atom is 0.0998 e. The largest absolute Gasteiger partial charge is 0.192 e. The standard InChI is InChI=1S/C19H15N/c20-12-14-5-3-7-17-16(14)10-11-18-15-6-2-1-4-13(15)8-9-19(17)18/h2-3,5-7,10-11H,1,4,8-9H2. The zero-order chi connectivity index (χ0) is 13.5. The second-order valence-electron chi connectivity index (χ2n) is 5.56. The molecule has 2 aliphatic rings. The third kappa shape index (κ3) is 1.55. The second-order valence-corrected chi connectivity index (χ2v) is 5.56. The van der Waals surface area contributed by atoms with Crippen molar-refractivity contribution < 1.29 is 0 Å². The molecule has 0 bridgehead atoms. The van der Waals surface area contributed by atoms with Crippen LogP contribution in [0.15, 0.2) is 48.1 Å². The van der Waals surface area contributed by atoms with Gasteiger partial charge < -0.3 is 0 Å². The van der Waals surface area contributed by atoms with Crippen LogP contribution in [0.5, 0.6) is 0 Å². The van der Waals surface area contributed by atoms with Crippen molar-refractivity contribution in [3.63, 3.8) is 0 Å². The Balaban J connectivity index is 2.03. The first-order chi connectivity index (χ1) is 9.88. The Hall–Kier alpha value is -2.33. The maximum absolute atomic E-state index is 9.26. The smallest absolute Gasteiger partial charge is 0.0998 e. The summed E-state index contributed by atoms with van der Waals surface area (Å²) in [4.78, 5) is 0. The lowest BCUT2D eigenvalue weighted by Crippen LogP contribution is -2.07. The van der Waals surface area contributed by atoms with Crippen molar-refractivity contribution in [3.8, 4) is 6.07 Å². The van der Waals surface area contributed by atoms with Crippen molar-refractivity contribution >= 4 is 16.3 Å². The highest BCUT2D eigenvalue weighted by Crippen LogP contribution is 2.40. The number of rotatable bonds is 0. The lowest BCUT2D eigenvalue weighted by atomic mass is 9.79. The van der Waals surface area contributed by atoms with Gasteiger partial charge in [-0.15, -0.1) is 0 Å². The molecule has 0 saturated carbocycles. The molecule has 2 aromatic carbocycles. The van der Waals surface area contributed by atoms with Gasteiger partial charge in [0.05, 0.1) is 11.6 Å². The van der Waals surface area contributed by atoms with Crippen LogP contribution in [0.4, 0.5) is 0 Å². The van der Waals surface area contributed by atoms with Gasteiger partial charge in [-0.3, -0.25) is 0 Å². The SMILES string of the molecule is N#Cc1cccc2c3c(ccc12)C1=C(CCC=C1)CC3. The van der Waals surface area contributed by atoms with Crippen molar-refractivity contribution in [2.24, 2.45) is 0 Å². The first kappa shape index (κ1) is 11.5. The summed E-state index contributed by atoms with van der Waals surface area (Å²) < 4.78 is 0.